The number of para-hydroxylation sites is 2. The highest BCUT2D eigenvalue weighted by atomic mass is 15.0. The second-order valence-corrected chi connectivity index (χ2v) is 17.4. The lowest BCUT2D eigenvalue weighted by Crippen LogP contribution is -1.97. The lowest BCUT2D eigenvalue weighted by molar-refractivity contribution is 1.17. The third kappa shape index (κ3) is 6.86. The molecule has 318 valence electrons. The molecule has 0 unspecified atom stereocenters. The van der Waals surface area contributed by atoms with Crippen LogP contribution < -0.4 is 0 Å². The van der Waals surface area contributed by atoms with E-state index in [0.29, 0.717) is 5.82 Å². The summed E-state index contributed by atoms with van der Waals surface area (Å²) in [4.78, 5) is 10.1. The van der Waals surface area contributed by atoms with E-state index in [1.807, 2.05) is 24.3 Å². The molecule has 0 aliphatic rings. The average molecular weight is 867 g/mol. The molecule has 0 N–H and O–H groups in total. The van der Waals surface area contributed by atoms with Crippen molar-refractivity contribution in [2.45, 2.75) is 0 Å². The van der Waals surface area contributed by atoms with E-state index in [1.165, 1.54) is 54.8 Å². The van der Waals surface area contributed by atoms with Gasteiger partial charge in [-0.1, -0.05) is 194 Å². The summed E-state index contributed by atoms with van der Waals surface area (Å²) in [5.74, 6) is 0.706. The molecule has 0 radical (unpaired) electrons. The SMILES string of the molecule is c1ccc(-c2cc(-c3ccccc3)cc(-n3c4ccccc4c4ccc(-c5ccc6c7ccccc7n(-c7ccc(-c8cc(-c9ccccc9)nc(-c9ccccc9)n8)cc7)c6c5)cc43)c2)cc1. The van der Waals surface area contributed by atoms with Gasteiger partial charge >= 0.3 is 0 Å². The van der Waals surface area contributed by atoms with Crippen molar-refractivity contribution in [3.05, 3.63) is 255 Å². The van der Waals surface area contributed by atoms with E-state index in [4.69, 9.17) is 9.97 Å². The maximum atomic E-state index is 5.11. The van der Waals surface area contributed by atoms with E-state index in [9.17, 15) is 0 Å². The fourth-order valence-electron chi connectivity index (χ4n) is 10.0. The molecule has 10 aromatic carbocycles. The predicted octanol–water partition coefficient (Wildman–Crippen LogP) is 16.7. The van der Waals surface area contributed by atoms with E-state index in [0.717, 1.165) is 61.6 Å². The second kappa shape index (κ2) is 16.4. The Kier molecular flexibility index (Phi) is 9.47. The van der Waals surface area contributed by atoms with E-state index in [2.05, 4.69) is 240 Å². The molecule has 3 heterocycles. The molecule has 4 nitrogen and oxygen atoms in total. The fourth-order valence-corrected chi connectivity index (χ4v) is 10.0. The molecular formula is C64H42N4. The van der Waals surface area contributed by atoms with Crippen LogP contribution in [0.1, 0.15) is 0 Å². The van der Waals surface area contributed by atoms with Crippen LogP contribution in [-0.2, 0) is 0 Å². The van der Waals surface area contributed by atoms with Crippen LogP contribution in [0.3, 0.4) is 0 Å². The van der Waals surface area contributed by atoms with Crippen molar-refractivity contribution in [3.8, 4) is 78.7 Å². The molecule has 13 rings (SSSR count). The average Bonchev–Trinajstić information content (AvgIpc) is 3.94. The molecule has 68 heavy (non-hydrogen) atoms. The van der Waals surface area contributed by atoms with Crippen molar-refractivity contribution in [1.29, 1.82) is 0 Å². The molecule has 4 heteroatoms. The van der Waals surface area contributed by atoms with Crippen LogP contribution in [0.25, 0.3) is 122 Å². The van der Waals surface area contributed by atoms with Gasteiger partial charge in [-0.25, -0.2) is 9.97 Å². The van der Waals surface area contributed by atoms with Crippen molar-refractivity contribution in [2.75, 3.05) is 0 Å². The van der Waals surface area contributed by atoms with Gasteiger partial charge in [0.15, 0.2) is 5.82 Å². The van der Waals surface area contributed by atoms with Gasteiger partial charge in [0.2, 0.25) is 0 Å². The first-order chi connectivity index (χ1) is 33.7. The zero-order valence-electron chi connectivity index (χ0n) is 37.0. The molecule has 13 aromatic rings. The summed E-state index contributed by atoms with van der Waals surface area (Å²) in [6.45, 7) is 0. The van der Waals surface area contributed by atoms with E-state index < -0.39 is 0 Å². The zero-order chi connectivity index (χ0) is 45.0. The topological polar surface area (TPSA) is 35.6 Å². The molecule has 0 amide bonds. The summed E-state index contributed by atoms with van der Waals surface area (Å²) in [7, 11) is 0. The van der Waals surface area contributed by atoms with Crippen LogP contribution in [0, 0.1) is 0 Å². The highest BCUT2D eigenvalue weighted by Gasteiger charge is 2.18. The molecule has 0 saturated heterocycles. The van der Waals surface area contributed by atoms with Gasteiger partial charge in [-0.05, 0) is 94.0 Å². The predicted molar refractivity (Wildman–Crippen MR) is 283 cm³/mol. The van der Waals surface area contributed by atoms with Crippen molar-refractivity contribution in [1.82, 2.24) is 19.1 Å². The van der Waals surface area contributed by atoms with Gasteiger partial charge in [0.25, 0.3) is 0 Å². The van der Waals surface area contributed by atoms with Gasteiger partial charge in [-0.2, -0.15) is 0 Å². The molecular weight excluding hydrogens is 825 g/mol. The maximum absolute atomic E-state index is 5.11. The van der Waals surface area contributed by atoms with Crippen molar-refractivity contribution in [3.63, 3.8) is 0 Å². The van der Waals surface area contributed by atoms with Gasteiger partial charge in [-0.15, -0.1) is 0 Å². The Morgan fingerprint density at radius 1 is 0.221 bits per heavy atom. The number of benzene rings is 10. The minimum Gasteiger partial charge on any atom is -0.309 e. The normalized spacial score (nSPS) is 11.5. The summed E-state index contributed by atoms with van der Waals surface area (Å²) in [5, 5.41) is 4.89. The van der Waals surface area contributed by atoms with Gasteiger partial charge in [0, 0.05) is 49.6 Å². The van der Waals surface area contributed by atoms with Crippen LogP contribution in [0.5, 0.6) is 0 Å². The summed E-state index contributed by atoms with van der Waals surface area (Å²) < 4.78 is 4.85. The second-order valence-electron chi connectivity index (χ2n) is 17.4. The largest absolute Gasteiger partial charge is 0.309 e. The first kappa shape index (κ1) is 39.3. The standard InChI is InChI=1S/C64H42N4/c1-5-17-43(18-6-1)50-37-51(44-19-7-2-8-20-44)39-53(38-50)68-61-28-16-14-26-55(61)57-36-32-49(41-63(57)68)48-31-35-56-54-25-13-15-27-60(54)67(62(56)40-48)52-33-29-46(30-34-52)59-42-58(45-21-9-3-10-22-45)65-64(66-59)47-23-11-4-12-24-47/h1-42H. The number of nitrogens with zero attached hydrogens (tertiary/aromatic N) is 4. The summed E-state index contributed by atoms with van der Waals surface area (Å²) in [6, 6.07) is 91.3. The highest BCUT2D eigenvalue weighted by Crippen LogP contribution is 2.40. The van der Waals surface area contributed by atoms with Crippen LogP contribution in [-0.4, -0.2) is 19.1 Å². The maximum Gasteiger partial charge on any atom is 0.160 e. The number of hydrogen-bond acceptors (Lipinski definition) is 2. The van der Waals surface area contributed by atoms with E-state index >= 15 is 0 Å². The number of hydrogen-bond donors (Lipinski definition) is 0. The molecule has 0 atom stereocenters. The summed E-state index contributed by atoms with van der Waals surface area (Å²) in [5.41, 5.74) is 18.8. The van der Waals surface area contributed by atoms with Gasteiger partial charge in [0.1, 0.15) is 0 Å². The quantitative estimate of drug-likeness (QED) is 0.153. The Balaban J connectivity index is 0.947. The molecule has 0 fully saturated rings. The molecule has 0 saturated carbocycles. The fraction of sp³-hybridized carbons (Fsp3) is 0. The Hall–Kier alpha value is -9.12. The molecule has 0 bridgehead atoms. The van der Waals surface area contributed by atoms with Gasteiger partial charge < -0.3 is 9.13 Å². The highest BCUT2D eigenvalue weighted by molar-refractivity contribution is 6.12. The minimum absolute atomic E-state index is 0.706. The minimum atomic E-state index is 0.706. The Morgan fingerprint density at radius 3 is 1.10 bits per heavy atom. The third-order valence-corrected chi connectivity index (χ3v) is 13.3. The molecule has 3 aromatic heterocycles. The third-order valence-electron chi connectivity index (χ3n) is 13.3. The van der Waals surface area contributed by atoms with Crippen LogP contribution >= 0.6 is 0 Å². The lowest BCUT2D eigenvalue weighted by atomic mass is 9.98. The van der Waals surface area contributed by atoms with E-state index in [1.54, 1.807) is 0 Å². The number of fused-ring (bicyclic) bond motifs is 6. The van der Waals surface area contributed by atoms with Gasteiger partial charge in [0.05, 0.1) is 33.5 Å². The molecule has 0 aliphatic heterocycles. The number of rotatable bonds is 8. The van der Waals surface area contributed by atoms with Crippen LogP contribution in [0.15, 0.2) is 255 Å². The van der Waals surface area contributed by atoms with E-state index in [-0.39, 0.29) is 0 Å². The van der Waals surface area contributed by atoms with Gasteiger partial charge in [-0.3, -0.25) is 0 Å². The van der Waals surface area contributed by atoms with Crippen molar-refractivity contribution < 1.29 is 0 Å². The first-order valence-corrected chi connectivity index (χ1v) is 23.1. The Morgan fingerprint density at radius 2 is 0.603 bits per heavy atom. The molecule has 0 aliphatic carbocycles. The summed E-state index contributed by atoms with van der Waals surface area (Å²) in [6.07, 6.45) is 0. The number of aromatic nitrogens is 4. The smallest absolute Gasteiger partial charge is 0.160 e. The Bertz CT molecular complexity index is 3870. The molecule has 0 spiro atoms. The summed E-state index contributed by atoms with van der Waals surface area (Å²) >= 11 is 0. The first-order valence-electron chi connectivity index (χ1n) is 23.1. The zero-order valence-corrected chi connectivity index (χ0v) is 37.0. The van der Waals surface area contributed by atoms with Crippen molar-refractivity contribution in [2.24, 2.45) is 0 Å². The van der Waals surface area contributed by atoms with Crippen molar-refractivity contribution >= 4 is 43.6 Å². The van der Waals surface area contributed by atoms with Crippen LogP contribution in [0.4, 0.5) is 0 Å². The monoisotopic (exact) mass is 866 g/mol. The van der Waals surface area contributed by atoms with Crippen LogP contribution in [0.2, 0.25) is 0 Å². The Labute approximate surface area is 394 Å². The lowest BCUT2D eigenvalue weighted by Gasteiger charge is -2.14.